The van der Waals surface area contributed by atoms with E-state index in [2.05, 4.69) is 10.3 Å². The molecule has 6 nitrogen and oxygen atoms in total. The van der Waals surface area contributed by atoms with Crippen LogP contribution in [-0.4, -0.2) is 26.6 Å². The molecular formula is C22H19ClN4O2. The van der Waals surface area contributed by atoms with Gasteiger partial charge in [-0.05, 0) is 35.9 Å². The molecule has 0 fully saturated rings. The highest BCUT2D eigenvalue weighted by Gasteiger charge is 2.14. The van der Waals surface area contributed by atoms with Crippen molar-refractivity contribution in [2.75, 3.05) is 6.54 Å². The largest absolute Gasteiger partial charge is 0.350 e. The van der Waals surface area contributed by atoms with E-state index in [9.17, 15) is 9.59 Å². The van der Waals surface area contributed by atoms with E-state index in [-0.39, 0.29) is 11.6 Å². The van der Waals surface area contributed by atoms with E-state index in [1.807, 2.05) is 42.5 Å². The first kappa shape index (κ1) is 19.0. The molecule has 0 aliphatic heterocycles. The van der Waals surface area contributed by atoms with Gasteiger partial charge in [0.15, 0.2) is 5.65 Å². The fourth-order valence-electron chi connectivity index (χ4n) is 3.28. The molecule has 0 saturated heterocycles. The Morgan fingerprint density at radius 2 is 1.83 bits per heavy atom. The minimum Gasteiger partial charge on any atom is -0.350 e. The number of hydrogen-bond donors (Lipinski definition) is 1. The van der Waals surface area contributed by atoms with Gasteiger partial charge in [0, 0.05) is 29.9 Å². The molecule has 146 valence electrons. The summed E-state index contributed by atoms with van der Waals surface area (Å²) in [6.45, 7) is 1.08. The number of nitrogens with zero attached hydrogens (tertiary/aromatic N) is 3. The molecule has 0 atom stereocenters. The highest BCUT2D eigenvalue weighted by molar-refractivity contribution is 6.30. The van der Waals surface area contributed by atoms with Gasteiger partial charge in [0.25, 0.3) is 5.91 Å². The Bertz CT molecular complexity index is 1210. The number of hydrogen-bond acceptors (Lipinski definition) is 3. The molecule has 0 aliphatic rings. The number of carbonyl (C=O) groups excluding carboxylic acids is 1. The molecule has 0 bridgehead atoms. The molecule has 7 heteroatoms. The standard InChI is InChI=1S/C22H19ClN4O2/c23-18-9-4-8-17(14-18)21(28)25-12-13-26-20-19(10-5-11-24-20)27(22(26)29)15-16-6-2-1-3-7-16/h1-11,14H,12-13,15H2,(H,25,28). The van der Waals surface area contributed by atoms with Crippen molar-refractivity contribution in [2.45, 2.75) is 13.1 Å². The molecule has 0 spiro atoms. The molecule has 0 aliphatic carbocycles. The second kappa shape index (κ2) is 8.32. The van der Waals surface area contributed by atoms with E-state index in [1.54, 1.807) is 39.6 Å². The molecular weight excluding hydrogens is 388 g/mol. The fraction of sp³-hybridized carbons (Fsp3) is 0.136. The number of halogens is 1. The van der Waals surface area contributed by atoms with Gasteiger partial charge in [-0.2, -0.15) is 0 Å². The summed E-state index contributed by atoms with van der Waals surface area (Å²) in [5.74, 6) is -0.235. The second-order valence-electron chi connectivity index (χ2n) is 6.62. The number of nitrogens with one attached hydrogen (secondary N) is 1. The number of pyridine rings is 1. The Kier molecular flexibility index (Phi) is 5.44. The van der Waals surface area contributed by atoms with Crippen LogP contribution in [0.15, 0.2) is 77.7 Å². The molecule has 29 heavy (non-hydrogen) atoms. The molecule has 0 saturated carbocycles. The van der Waals surface area contributed by atoms with Crippen molar-refractivity contribution in [1.82, 2.24) is 19.4 Å². The van der Waals surface area contributed by atoms with E-state index in [0.717, 1.165) is 11.1 Å². The van der Waals surface area contributed by atoms with E-state index in [1.165, 1.54) is 0 Å². The number of imidazole rings is 1. The van der Waals surface area contributed by atoms with Crippen molar-refractivity contribution in [2.24, 2.45) is 0 Å². The van der Waals surface area contributed by atoms with E-state index in [4.69, 9.17) is 11.6 Å². The van der Waals surface area contributed by atoms with Gasteiger partial charge in [0.05, 0.1) is 12.1 Å². The first-order valence-electron chi connectivity index (χ1n) is 9.25. The zero-order valence-corrected chi connectivity index (χ0v) is 16.3. The summed E-state index contributed by atoms with van der Waals surface area (Å²) in [4.78, 5) is 29.7. The highest BCUT2D eigenvalue weighted by Crippen LogP contribution is 2.13. The van der Waals surface area contributed by atoms with E-state index >= 15 is 0 Å². The summed E-state index contributed by atoms with van der Waals surface area (Å²) in [7, 11) is 0. The Hall–Kier alpha value is -3.38. The van der Waals surface area contributed by atoms with Crippen molar-refractivity contribution in [1.29, 1.82) is 0 Å². The van der Waals surface area contributed by atoms with Crippen molar-refractivity contribution >= 4 is 28.7 Å². The molecule has 4 rings (SSSR count). The molecule has 2 heterocycles. The lowest BCUT2D eigenvalue weighted by Gasteiger charge is -2.06. The summed E-state index contributed by atoms with van der Waals surface area (Å²) in [6.07, 6.45) is 1.66. The molecule has 2 aromatic heterocycles. The maximum atomic E-state index is 13.0. The summed E-state index contributed by atoms with van der Waals surface area (Å²) in [6, 6.07) is 20.2. The predicted octanol–water partition coefficient (Wildman–Crippen LogP) is 3.33. The van der Waals surface area contributed by atoms with Crippen molar-refractivity contribution in [3.63, 3.8) is 0 Å². The molecule has 2 aromatic carbocycles. The van der Waals surface area contributed by atoms with Crippen molar-refractivity contribution < 1.29 is 4.79 Å². The maximum absolute atomic E-state index is 13.0. The van der Waals surface area contributed by atoms with Crippen LogP contribution in [-0.2, 0) is 13.1 Å². The first-order valence-corrected chi connectivity index (χ1v) is 9.63. The van der Waals surface area contributed by atoms with Gasteiger partial charge in [-0.1, -0.05) is 48.0 Å². The zero-order valence-electron chi connectivity index (χ0n) is 15.6. The lowest BCUT2D eigenvalue weighted by Crippen LogP contribution is -2.32. The highest BCUT2D eigenvalue weighted by atomic mass is 35.5. The molecule has 4 aromatic rings. The van der Waals surface area contributed by atoms with Gasteiger partial charge < -0.3 is 5.32 Å². The Balaban J connectivity index is 1.55. The number of benzene rings is 2. The monoisotopic (exact) mass is 406 g/mol. The third-order valence-electron chi connectivity index (χ3n) is 4.67. The minimum atomic E-state index is -0.235. The normalized spacial score (nSPS) is 10.9. The molecule has 0 unspecified atom stereocenters. The van der Waals surface area contributed by atoms with Crippen molar-refractivity contribution in [3.05, 3.63) is 99.6 Å². The smallest absolute Gasteiger partial charge is 0.330 e. The SMILES string of the molecule is O=C(NCCn1c(=O)n(Cc2ccccc2)c2cccnc21)c1cccc(Cl)c1. The van der Waals surface area contributed by atoms with Crippen LogP contribution in [0.1, 0.15) is 15.9 Å². The number of aromatic nitrogens is 3. The number of fused-ring (bicyclic) bond motifs is 1. The lowest BCUT2D eigenvalue weighted by molar-refractivity contribution is 0.0952. The van der Waals surface area contributed by atoms with Crippen LogP contribution >= 0.6 is 11.6 Å². The first-order chi connectivity index (χ1) is 14.1. The summed E-state index contributed by atoms with van der Waals surface area (Å²) < 4.78 is 3.30. The van der Waals surface area contributed by atoms with Crippen LogP contribution in [0.2, 0.25) is 5.02 Å². The van der Waals surface area contributed by atoms with Gasteiger partial charge in [-0.25, -0.2) is 9.78 Å². The number of carbonyl (C=O) groups is 1. The van der Waals surface area contributed by atoms with Crippen LogP contribution in [0.3, 0.4) is 0 Å². The van der Waals surface area contributed by atoms with Crippen LogP contribution in [0.25, 0.3) is 11.2 Å². The average Bonchev–Trinajstić information content (AvgIpc) is 3.00. The number of rotatable bonds is 6. The molecule has 1 amide bonds. The van der Waals surface area contributed by atoms with Gasteiger partial charge in [0.2, 0.25) is 0 Å². The van der Waals surface area contributed by atoms with Gasteiger partial charge >= 0.3 is 5.69 Å². The van der Waals surface area contributed by atoms with Crippen LogP contribution in [0.4, 0.5) is 0 Å². The molecule has 1 N–H and O–H groups in total. The predicted molar refractivity (Wildman–Crippen MR) is 113 cm³/mol. The third kappa shape index (κ3) is 4.07. The summed E-state index contributed by atoms with van der Waals surface area (Å²) in [5, 5.41) is 3.33. The Morgan fingerprint density at radius 1 is 1.00 bits per heavy atom. The third-order valence-corrected chi connectivity index (χ3v) is 4.90. The van der Waals surface area contributed by atoms with Crippen LogP contribution in [0, 0.1) is 0 Å². The van der Waals surface area contributed by atoms with Gasteiger partial charge in [-0.15, -0.1) is 0 Å². The number of amides is 1. The van der Waals surface area contributed by atoms with Crippen molar-refractivity contribution in [3.8, 4) is 0 Å². The van der Waals surface area contributed by atoms with Gasteiger partial charge in [0.1, 0.15) is 0 Å². The van der Waals surface area contributed by atoms with E-state index in [0.29, 0.717) is 35.9 Å². The lowest BCUT2D eigenvalue weighted by atomic mass is 10.2. The Labute approximate surface area is 172 Å². The van der Waals surface area contributed by atoms with Crippen LogP contribution in [0.5, 0.6) is 0 Å². The zero-order chi connectivity index (χ0) is 20.2. The average molecular weight is 407 g/mol. The second-order valence-corrected chi connectivity index (χ2v) is 7.05. The molecule has 0 radical (unpaired) electrons. The topological polar surface area (TPSA) is 68.9 Å². The quantitative estimate of drug-likeness (QED) is 0.534. The Morgan fingerprint density at radius 3 is 2.62 bits per heavy atom. The summed E-state index contributed by atoms with van der Waals surface area (Å²) in [5.41, 5.74) is 2.73. The maximum Gasteiger partial charge on any atom is 0.330 e. The van der Waals surface area contributed by atoms with Gasteiger partial charge in [-0.3, -0.25) is 13.9 Å². The summed E-state index contributed by atoms with van der Waals surface area (Å²) >= 11 is 5.94. The van der Waals surface area contributed by atoms with Crippen LogP contribution < -0.4 is 11.0 Å². The fourth-order valence-corrected chi connectivity index (χ4v) is 3.47. The van der Waals surface area contributed by atoms with E-state index < -0.39 is 0 Å². The minimum absolute atomic E-state index is 0.153.